The van der Waals surface area contributed by atoms with Crippen LogP contribution in [0.15, 0.2) is 0 Å². The van der Waals surface area contributed by atoms with E-state index in [9.17, 15) is 9.90 Å². The Morgan fingerprint density at radius 3 is 2.56 bits per heavy atom. The van der Waals surface area contributed by atoms with E-state index in [1.54, 1.807) is 6.92 Å². The zero-order chi connectivity index (χ0) is 12.0. The van der Waals surface area contributed by atoms with Crippen molar-refractivity contribution in [3.05, 3.63) is 0 Å². The van der Waals surface area contributed by atoms with Gasteiger partial charge in [0.05, 0.1) is 7.11 Å². The fourth-order valence-corrected chi connectivity index (χ4v) is 2.32. The third-order valence-corrected chi connectivity index (χ3v) is 3.59. The number of esters is 1. The molecule has 0 unspecified atom stereocenters. The van der Waals surface area contributed by atoms with Gasteiger partial charge in [-0.25, -0.2) is 0 Å². The van der Waals surface area contributed by atoms with E-state index in [1.165, 1.54) is 26.4 Å². The van der Waals surface area contributed by atoms with E-state index in [-0.39, 0.29) is 24.0 Å². The van der Waals surface area contributed by atoms with Crippen molar-refractivity contribution < 1.29 is 14.6 Å². The third-order valence-electron chi connectivity index (χ3n) is 3.59. The van der Waals surface area contributed by atoms with Crippen LogP contribution in [0.1, 0.15) is 39.0 Å². The highest BCUT2D eigenvalue weighted by atomic mass is 16.5. The first-order valence-electron chi connectivity index (χ1n) is 6.06. The smallest absolute Gasteiger partial charge is 0.322 e. The molecule has 0 aliphatic heterocycles. The van der Waals surface area contributed by atoms with Gasteiger partial charge < -0.3 is 15.2 Å². The number of methoxy groups -OCH3 is 1. The SMILES string of the molecule is COC(=O)[C@H](C)NCC1(CO)CCCCC1. The van der Waals surface area contributed by atoms with Crippen LogP contribution in [0.4, 0.5) is 0 Å². The monoisotopic (exact) mass is 229 g/mol. The van der Waals surface area contributed by atoms with Crippen LogP contribution < -0.4 is 5.32 Å². The molecule has 0 aromatic carbocycles. The highest BCUT2D eigenvalue weighted by Crippen LogP contribution is 2.35. The lowest BCUT2D eigenvalue weighted by molar-refractivity contribution is -0.142. The lowest BCUT2D eigenvalue weighted by Gasteiger charge is -2.36. The van der Waals surface area contributed by atoms with E-state index in [0.29, 0.717) is 6.54 Å². The molecular formula is C12H23NO3. The predicted octanol–water partition coefficient (Wildman–Crippen LogP) is 1.08. The second-order valence-corrected chi connectivity index (χ2v) is 4.84. The molecule has 1 fully saturated rings. The Hall–Kier alpha value is -0.610. The van der Waals surface area contributed by atoms with Gasteiger partial charge in [0, 0.05) is 18.6 Å². The van der Waals surface area contributed by atoms with E-state index in [2.05, 4.69) is 10.1 Å². The number of nitrogens with one attached hydrogen (secondary N) is 1. The highest BCUT2D eigenvalue weighted by molar-refractivity contribution is 5.75. The van der Waals surface area contributed by atoms with Gasteiger partial charge in [-0.15, -0.1) is 0 Å². The number of carbonyl (C=O) groups is 1. The normalized spacial score (nSPS) is 21.4. The van der Waals surface area contributed by atoms with Crippen molar-refractivity contribution in [2.24, 2.45) is 5.41 Å². The maximum atomic E-state index is 11.2. The third kappa shape index (κ3) is 3.46. The van der Waals surface area contributed by atoms with Gasteiger partial charge in [-0.1, -0.05) is 19.3 Å². The van der Waals surface area contributed by atoms with Gasteiger partial charge in [0.2, 0.25) is 0 Å². The molecule has 4 nitrogen and oxygen atoms in total. The summed E-state index contributed by atoms with van der Waals surface area (Å²) in [5.41, 5.74) is -0.0273. The van der Waals surface area contributed by atoms with Crippen LogP contribution in [0.25, 0.3) is 0 Å². The van der Waals surface area contributed by atoms with Crippen molar-refractivity contribution in [3.8, 4) is 0 Å². The average molecular weight is 229 g/mol. The maximum Gasteiger partial charge on any atom is 0.322 e. The van der Waals surface area contributed by atoms with E-state index >= 15 is 0 Å². The number of aliphatic hydroxyl groups is 1. The van der Waals surface area contributed by atoms with Crippen LogP contribution in [-0.4, -0.2) is 37.4 Å². The molecule has 1 atom stereocenters. The maximum absolute atomic E-state index is 11.2. The zero-order valence-corrected chi connectivity index (χ0v) is 10.3. The van der Waals surface area contributed by atoms with Crippen molar-refractivity contribution in [1.29, 1.82) is 0 Å². The Balaban J connectivity index is 2.41. The van der Waals surface area contributed by atoms with E-state index < -0.39 is 0 Å². The van der Waals surface area contributed by atoms with Crippen LogP contribution in [0.2, 0.25) is 0 Å². The zero-order valence-electron chi connectivity index (χ0n) is 10.3. The van der Waals surface area contributed by atoms with Crippen LogP contribution in [-0.2, 0) is 9.53 Å². The first-order chi connectivity index (χ1) is 7.63. The molecule has 94 valence electrons. The molecule has 0 saturated heterocycles. The number of hydrogen-bond donors (Lipinski definition) is 2. The number of carbonyl (C=O) groups excluding carboxylic acids is 1. The molecule has 0 bridgehead atoms. The quantitative estimate of drug-likeness (QED) is 0.693. The largest absolute Gasteiger partial charge is 0.468 e. The summed E-state index contributed by atoms with van der Waals surface area (Å²) in [7, 11) is 1.39. The van der Waals surface area contributed by atoms with Crippen molar-refractivity contribution in [2.45, 2.75) is 45.1 Å². The summed E-state index contributed by atoms with van der Waals surface area (Å²) < 4.78 is 4.65. The minimum atomic E-state index is -0.296. The lowest BCUT2D eigenvalue weighted by atomic mass is 9.74. The van der Waals surface area contributed by atoms with Crippen LogP contribution in [0.3, 0.4) is 0 Å². The van der Waals surface area contributed by atoms with Crippen molar-refractivity contribution in [2.75, 3.05) is 20.3 Å². The fourth-order valence-electron chi connectivity index (χ4n) is 2.32. The molecule has 1 aliphatic carbocycles. The number of ether oxygens (including phenoxy) is 1. The molecule has 4 heteroatoms. The van der Waals surface area contributed by atoms with Crippen molar-refractivity contribution in [3.63, 3.8) is 0 Å². The van der Waals surface area contributed by atoms with Gasteiger partial charge in [-0.3, -0.25) is 4.79 Å². The van der Waals surface area contributed by atoms with E-state index in [4.69, 9.17) is 0 Å². The van der Waals surface area contributed by atoms with Gasteiger partial charge in [0.1, 0.15) is 6.04 Å². The summed E-state index contributed by atoms with van der Waals surface area (Å²) >= 11 is 0. The van der Waals surface area contributed by atoms with Crippen LogP contribution in [0.5, 0.6) is 0 Å². The molecule has 16 heavy (non-hydrogen) atoms. The Labute approximate surface area is 97.4 Å². The van der Waals surface area contributed by atoms with E-state index in [1.807, 2.05) is 0 Å². The molecule has 0 amide bonds. The summed E-state index contributed by atoms with van der Waals surface area (Å²) in [6, 6.07) is -0.296. The summed E-state index contributed by atoms with van der Waals surface area (Å²) in [4.78, 5) is 11.2. The second-order valence-electron chi connectivity index (χ2n) is 4.84. The molecule has 1 aliphatic rings. The van der Waals surface area contributed by atoms with Gasteiger partial charge in [-0.05, 0) is 19.8 Å². The fraction of sp³-hybridized carbons (Fsp3) is 0.917. The second kappa shape index (κ2) is 6.21. The van der Waals surface area contributed by atoms with Gasteiger partial charge in [0.15, 0.2) is 0 Å². The molecule has 0 spiro atoms. The summed E-state index contributed by atoms with van der Waals surface area (Å²) in [6.45, 7) is 2.69. The Bertz CT molecular complexity index is 224. The standard InChI is InChI=1S/C12H23NO3/c1-10(11(15)16-2)13-8-12(9-14)6-4-3-5-7-12/h10,13-14H,3-9H2,1-2H3/t10-/m0/s1. The molecule has 1 rings (SSSR count). The van der Waals surface area contributed by atoms with Crippen LogP contribution in [0, 0.1) is 5.41 Å². The number of rotatable bonds is 5. The Kier molecular flexibility index (Phi) is 5.22. The summed E-state index contributed by atoms with van der Waals surface area (Å²) in [5, 5.41) is 12.7. The first-order valence-corrected chi connectivity index (χ1v) is 6.06. The van der Waals surface area contributed by atoms with Crippen LogP contribution >= 0.6 is 0 Å². The molecule has 0 aromatic heterocycles. The predicted molar refractivity (Wildman–Crippen MR) is 62.1 cm³/mol. The van der Waals surface area contributed by atoms with Gasteiger partial charge in [0.25, 0.3) is 0 Å². The highest BCUT2D eigenvalue weighted by Gasteiger charge is 2.32. The lowest BCUT2D eigenvalue weighted by Crippen LogP contribution is -2.45. The summed E-state index contributed by atoms with van der Waals surface area (Å²) in [5.74, 6) is -0.246. The Morgan fingerprint density at radius 2 is 2.06 bits per heavy atom. The number of aliphatic hydroxyl groups excluding tert-OH is 1. The van der Waals surface area contributed by atoms with Crippen molar-refractivity contribution >= 4 is 5.97 Å². The molecule has 0 heterocycles. The molecule has 2 N–H and O–H groups in total. The van der Waals surface area contributed by atoms with Crippen molar-refractivity contribution in [1.82, 2.24) is 5.32 Å². The van der Waals surface area contributed by atoms with Gasteiger partial charge in [-0.2, -0.15) is 0 Å². The molecule has 0 aromatic rings. The Morgan fingerprint density at radius 1 is 1.44 bits per heavy atom. The molecule has 0 radical (unpaired) electrons. The first kappa shape index (κ1) is 13.5. The minimum absolute atomic E-state index is 0.0273. The number of hydrogen-bond acceptors (Lipinski definition) is 4. The minimum Gasteiger partial charge on any atom is -0.468 e. The van der Waals surface area contributed by atoms with E-state index in [0.717, 1.165) is 12.8 Å². The average Bonchev–Trinajstić information content (AvgIpc) is 2.36. The van der Waals surface area contributed by atoms with Gasteiger partial charge >= 0.3 is 5.97 Å². The molecular weight excluding hydrogens is 206 g/mol. The topological polar surface area (TPSA) is 58.6 Å². The summed E-state index contributed by atoms with van der Waals surface area (Å²) in [6.07, 6.45) is 5.70. The molecule has 1 saturated carbocycles.